The van der Waals surface area contributed by atoms with E-state index in [1.54, 1.807) is 0 Å². The first kappa shape index (κ1) is 16.3. The normalized spacial score (nSPS) is 35.0. The second-order valence-electron chi connectivity index (χ2n) is 7.72. The number of aliphatic hydroxyl groups excluding tert-OH is 1. The molecule has 3 atom stereocenters. The first-order valence-electron chi connectivity index (χ1n) is 9.36. The number of hydrogen-bond donors (Lipinski definition) is 1. The Hall–Kier alpha value is -0.610. The van der Waals surface area contributed by atoms with E-state index in [0.29, 0.717) is 31.1 Å². The van der Waals surface area contributed by atoms with Gasteiger partial charge >= 0.3 is 0 Å². The fourth-order valence-electron chi connectivity index (χ4n) is 4.83. The van der Waals surface area contributed by atoms with Crippen LogP contribution in [0, 0.1) is 5.92 Å². The molecular formula is C18H32N2O2. The molecule has 3 unspecified atom stereocenters. The summed E-state index contributed by atoms with van der Waals surface area (Å²) in [5.41, 5.74) is 0. The van der Waals surface area contributed by atoms with Gasteiger partial charge in [-0.3, -0.25) is 9.69 Å². The Balaban J connectivity index is 1.60. The van der Waals surface area contributed by atoms with Gasteiger partial charge in [-0.1, -0.05) is 19.3 Å². The van der Waals surface area contributed by atoms with Crippen molar-refractivity contribution in [3.8, 4) is 0 Å². The summed E-state index contributed by atoms with van der Waals surface area (Å²) in [5, 5.41) is 10.1. The number of hydrogen-bond acceptors (Lipinski definition) is 3. The summed E-state index contributed by atoms with van der Waals surface area (Å²) >= 11 is 0. The standard InChI is InChI=1S/C18H32N2O2/c1-14-7-5-6-10-20(14)18(22)13-19-12-16(21)11-17(19)15-8-3-2-4-9-15/h14-17,21H,2-13H2,1H3. The lowest BCUT2D eigenvalue weighted by molar-refractivity contribution is -0.136. The van der Waals surface area contributed by atoms with Crippen molar-refractivity contribution in [3.05, 3.63) is 0 Å². The van der Waals surface area contributed by atoms with E-state index in [9.17, 15) is 9.90 Å². The monoisotopic (exact) mass is 308 g/mol. The third kappa shape index (κ3) is 3.65. The van der Waals surface area contributed by atoms with Gasteiger partial charge in [-0.15, -0.1) is 0 Å². The predicted molar refractivity (Wildman–Crippen MR) is 87.6 cm³/mol. The van der Waals surface area contributed by atoms with Crippen LogP contribution in [0.2, 0.25) is 0 Å². The van der Waals surface area contributed by atoms with E-state index in [1.807, 2.05) is 0 Å². The van der Waals surface area contributed by atoms with Gasteiger partial charge in [0.15, 0.2) is 0 Å². The Morgan fingerprint density at radius 2 is 1.82 bits per heavy atom. The highest BCUT2D eigenvalue weighted by Crippen LogP contribution is 2.34. The number of piperidine rings is 1. The highest BCUT2D eigenvalue weighted by molar-refractivity contribution is 5.78. The minimum absolute atomic E-state index is 0.237. The van der Waals surface area contributed by atoms with Gasteiger partial charge in [-0.25, -0.2) is 0 Å². The summed E-state index contributed by atoms with van der Waals surface area (Å²) in [6.07, 6.45) is 10.7. The second kappa shape index (κ2) is 7.31. The molecule has 3 rings (SSSR count). The van der Waals surface area contributed by atoms with Gasteiger partial charge < -0.3 is 10.0 Å². The third-order valence-electron chi connectivity index (χ3n) is 6.08. The molecule has 2 aliphatic heterocycles. The molecule has 22 heavy (non-hydrogen) atoms. The molecule has 3 fully saturated rings. The molecule has 4 nitrogen and oxygen atoms in total. The van der Waals surface area contributed by atoms with Crippen LogP contribution < -0.4 is 0 Å². The number of aliphatic hydroxyl groups is 1. The van der Waals surface area contributed by atoms with Crippen molar-refractivity contribution in [3.63, 3.8) is 0 Å². The van der Waals surface area contributed by atoms with E-state index < -0.39 is 0 Å². The van der Waals surface area contributed by atoms with Gasteiger partial charge in [-0.05, 0) is 51.4 Å². The second-order valence-corrected chi connectivity index (χ2v) is 7.72. The summed E-state index contributed by atoms with van der Waals surface area (Å²) in [6, 6.07) is 0.821. The third-order valence-corrected chi connectivity index (χ3v) is 6.08. The molecule has 3 aliphatic rings. The summed E-state index contributed by atoms with van der Waals surface area (Å²) in [5.74, 6) is 0.972. The number of likely N-dealkylation sites (tertiary alicyclic amines) is 2. The van der Waals surface area contributed by atoms with E-state index in [1.165, 1.54) is 38.5 Å². The van der Waals surface area contributed by atoms with Gasteiger partial charge in [0.05, 0.1) is 12.6 Å². The van der Waals surface area contributed by atoms with Gasteiger partial charge in [0, 0.05) is 25.2 Å². The largest absolute Gasteiger partial charge is 0.392 e. The minimum atomic E-state index is -0.237. The lowest BCUT2D eigenvalue weighted by Gasteiger charge is -2.37. The maximum absolute atomic E-state index is 12.7. The van der Waals surface area contributed by atoms with Crippen LogP contribution in [-0.4, -0.2) is 58.6 Å². The molecule has 4 heteroatoms. The maximum atomic E-state index is 12.7. The zero-order valence-corrected chi connectivity index (χ0v) is 14.0. The Kier molecular flexibility index (Phi) is 5.40. The Morgan fingerprint density at radius 3 is 2.55 bits per heavy atom. The van der Waals surface area contributed by atoms with E-state index in [4.69, 9.17) is 0 Å². The van der Waals surface area contributed by atoms with Crippen LogP contribution in [0.4, 0.5) is 0 Å². The number of carbonyl (C=O) groups is 1. The fourth-order valence-corrected chi connectivity index (χ4v) is 4.83. The van der Waals surface area contributed by atoms with E-state index in [-0.39, 0.29) is 12.0 Å². The first-order valence-corrected chi connectivity index (χ1v) is 9.36. The SMILES string of the molecule is CC1CCCCN1C(=O)CN1CC(O)CC1C1CCCCC1. The fraction of sp³-hybridized carbons (Fsp3) is 0.944. The zero-order chi connectivity index (χ0) is 15.5. The van der Waals surface area contributed by atoms with Crippen molar-refractivity contribution >= 4 is 5.91 Å². The molecule has 126 valence electrons. The molecule has 2 heterocycles. The van der Waals surface area contributed by atoms with Gasteiger partial charge in [0.1, 0.15) is 0 Å². The molecule has 1 aliphatic carbocycles. The molecule has 0 aromatic rings. The van der Waals surface area contributed by atoms with Crippen molar-refractivity contribution < 1.29 is 9.90 Å². The van der Waals surface area contributed by atoms with Gasteiger partial charge in [-0.2, -0.15) is 0 Å². The number of nitrogens with zero attached hydrogens (tertiary/aromatic N) is 2. The number of carbonyl (C=O) groups excluding carboxylic acids is 1. The number of β-amino-alcohol motifs (C(OH)–C–C–N with tert-alkyl or cyclic N) is 1. The lowest BCUT2D eigenvalue weighted by atomic mass is 9.83. The highest BCUT2D eigenvalue weighted by atomic mass is 16.3. The van der Waals surface area contributed by atoms with E-state index in [0.717, 1.165) is 25.8 Å². The average molecular weight is 308 g/mol. The Bertz CT molecular complexity index is 381. The number of rotatable bonds is 3. The summed E-state index contributed by atoms with van der Waals surface area (Å²) < 4.78 is 0. The molecule has 1 amide bonds. The molecular weight excluding hydrogens is 276 g/mol. The molecule has 0 aromatic heterocycles. The van der Waals surface area contributed by atoms with Crippen molar-refractivity contribution in [1.82, 2.24) is 9.80 Å². The molecule has 1 saturated carbocycles. The summed E-state index contributed by atoms with van der Waals surface area (Å²) in [4.78, 5) is 17.1. The molecule has 0 spiro atoms. The van der Waals surface area contributed by atoms with Crippen LogP contribution in [0.5, 0.6) is 0 Å². The van der Waals surface area contributed by atoms with E-state index >= 15 is 0 Å². The van der Waals surface area contributed by atoms with Crippen LogP contribution in [-0.2, 0) is 4.79 Å². The van der Waals surface area contributed by atoms with E-state index in [2.05, 4.69) is 16.7 Å². The maximum Gasteiger partial charge on any atom is 0.236 e. The van der Waals surface area contributed by atoms with Crippen LogP contribution in [0.15, 0.2) is 0 Å². The average Bonchev–Trinajstić information content (AvgIpc) is 2.89. The zero-order valence-electron chi connectivity index (χ0n) is 14.0. The first-order chi connectivity index (χ1) is 10.6. The summed E-state index contributed by atoms with van der Waals surface area (Å²) in [6.45, 7) is 4.30. The number of amides is 1. The van der Waals surface area contributed by atoms with Crippen molar-refractivity contribution in [1.29, 1.82) is 0 Å². The van der Waals surface area contributed by atoms with Crippen molar-refractivity contribution in [2.75, 3.05) is 19.6 Å². The van der Waals surface area contributed by atoms with Crippen LogP contribution in [0.3, 0.4) is 0 Å². The minimum Gasteiger partial charge on any atom is -0.392 e. The molecule has 0 bridgehead atoms. The topological polar surface area (TPSA) is 43.8 Å². The van der Waals surface area contributed by atoms with Crippen molar-refractivity contribution in [2.24, 2.45) is 5.92 Å². The summed E-state index contributed by atoms with van der Waals surface area (Å²) in [7, 11) is 0. The quantitative estimate of drug-likeness (QED) is 0.871. The predicted octanol–water partition coefficient (Wildman–Crippen LogP) is 2.40. The molecule has 2 saturated heterocycles. The highest BCUT2D eigenvalue weighted by Gasteiger charge is 2.38. The smallest absolute Gasteiger partial charge is 0.236 e. The Morgan fingerprint density at radius 1 is 1.09 bits per heavy atom. The molecule has 1 N–H and O–H groups in total. The van der Waals surface area contributed by atoms with Crippen molar-refractivity contribution in [2.45, 2.75) is 82.9 Å². The van der Waals surface area contributed by atoms with Gasteiger partial charge in [0.2, 0.25) is 5.91 Å². The lowest BCUT2D eigenvalue weighted by Crippen LogP contribution is -2.49. The Labute approximate surface area is 134 Å². The molecule has 0 aromatic carbocycles. The molecule has 0 radical (unpaired) electrons. The van der Waals surface area contributed by atoms with Crippen LogP contribution in [0.25, 0.3) is 0 Å². The van der Waals surface area contributed by atoms with Crippen LogP contribution in [0.1, 0.15) is 64.7 Å². The van der Waals surface area contributed by atoms with Gasteiger partial charge in [0.25, 0.3) is 0 Å². The van der Waals surface area contributed by atoms with Crippen LogP contribution >= 0.6 is 0 Å².